The lowest BCUT2D eigenvalue weighted by molar-refractivity contribution is 0.0689. The van der Waals surface area contributed by atoms with Gasteiger partial charge in [0, 0.05) is 43.4 Å². The van der Waals surface area contributed by atoms with Crippen molar-refractivity contribution in [2.24, 2.45) is 0 Å². The molecular formula is C50H50O14Si8. The van der Waals surface area contributed by atoms with E-state index in [1.165, 1.54) is 7.11 Å². The fourth-order valence-electron chi connectivity index (χ4n) is 8.57. The average molecular weight is 1100 g/mol. The Bertz CT molecular complexity index is 2940. The van der Waals surface area contributed by atoms with E-state index in [0.717, 1.165) is 0 Å². The Labute approximate surface area is 426 Å². The van der Waals surface area contributed by atoms with Crippen LogP contribution in [0, 0.1) is 0 Å². The zero-order valence-corrected chi connectivity index (χ0v) is 47.0. The Morgan fingerprint density at radius 3 is 0.708 bits per heavy atom. The Morgan fingerprint density at radius 1 is 0.264 bits per heavy atom. The van der Waals surface area contributed by atoms with Crippen molar-refractivity contribution in [1.29, 1.82) is 0 Å². The maximum Gasteiger partial charge on any atom is 0.522 e. The zero-order valence-electron chi connectivity index (χ0n) is 39.0. The molecule has 8 aromatic rings. The third kappa shape index (κ3) is 9.88. The molecule has 4 unspecified atom stereocenters. The van der Waals surface area contributed by atoms with Crippen LogP contribution in [0.1, 0.15) is 0 Å². The van der Waals surface area contributed by atoms with Gasteiger partial charge in [0.1, 0.15) is 0 Å². The molecule has 0 saturated carbocycles. The third-order valence-electron chi connectivity index (χ3n) is 12.1. The summed E-state index contributed by atoms with van der Waals surface area (Å²) in [6, 6.07) is 69.2. The van der Waals surface area contributed by atoms with Crippen LogP contribution in [-0.2, 0) is 41.5 Å². The van der Waals surface area contributed by atoms with Crippen molar-refractivity contribution in [2.75, 3.05) is 7.11 Å². The van der Waals surface area contributed by atoms with Crippen LogP contribution < -0.4 is 41.5 Å². The highest BCUT2D eigenvalue weighted by Gasteiger charge is 2.74. The molecule has 0 amide bonds. The van der Waals surface area contributed by atoms with Gasteiger partial charge in [-0.15, -0.1) is 0 Å². The van der Waals surface area contributed by atoms with E-state index in [1.54, 1.807) is 219 Å². The van der Waals surface area contributed by atoms with E-state index in [4.69, 9.17) is 41.5 Å². The maximum atomic E-state index is 13.7. The van der Waals surface area contributed by atoms with Crippen LogP contribution in [0.25, 0.3) is 0 Å². The minimum absolute atomic E-state index is 0.185. The summed E-state index contributed by atoms with van der Waals surface area (Å²) in [7, 11) is -38.3. The fourth-order valence-corrected chi connectivity index (χ4v) is 43.9. The second kappa shape index (κ2) is 20.3. The SMILES string of the molecule is CO[Si]1(c2ccccc2)O[Si](O)(c2ccccc2)O[Si](O[Si]2(c3ccccc3)O[Si](O)(c3ccccc3)O[Si](C)(c3ccccc3)O[Si](O)(c3ccccc3)O2)(c2ccccc2)O[Si](O)(c2ccccc2)O1. The Balaban J connectivity index is 1.29. The second-order valence-electron chi connectivity index (χ2n) is 17.0. The molecule has 10 rings (SSSR count). The van der Waals surface area contributed by atoms with Crippen molar-refractivity contribution in [2.45, 2.75) is 6.55 Å². The summed E-state index contributed by atoms with van der Waals surface area (Å²) in [4.78, 5) is 54.9. The Hall–Kier alpha value is -5.06. The number of hydrogen-bond donors (Lipinski definition) is 4. The fraction of sp³-hybridized carbons (Fsp3) is 0.0400. The van der Waals surface area contributed by atoms with Gasteiger partial charge in [-0.3, -0.25) is 0 Å². The van der Waals surface area contributed by atoms with Gasteiger partial charge >= 0.3 is 70.2 Å². The zero-order chi connectivity index (χ0) is 50.0. The van der Waals surface area contributed by atoms with E-state index in [1.807, 2.05) is 30.3 Å². The van der Waals surface area contributed by atoms with Gasteiger partial charge in [0.05, 0.1) is 0 Å². The topological polar surface area (TPSA) is 173 Å². The van der Waals surface area contributed by atoms with Crippen LogP contribution in [0.4, 0.5) is 0 Å². The van der Waals surface area contributed by atoms with Gasteiger partial charge in [0.15, 0.2) is 0 Å². The van der Waals surface area contributed by atoms with Crippen molar-refractivity contribution in [3.8, 4) is 0 Å². The van der Waals surface area contributed by atoms with Crippen molar-refractivity contribution in [1.82, 2.24) is 0 Å². The summed E-state index contributed by atoms with van der Waals surface area (Å²) in [5.41, 5.74) is 0. The predicted molar refractivity (Wildman–Crippen MR) is 286 cm³/mol. The summed E-state index contributed by atoms with van der Waals surface area (Å²) in [6.45, 7) is 1.72. The number of rotatable bonds is 11. The van der Waals surface area contributed by atoms with Crippen LogP contribution in [0.15, 0.2) is 243 Å². The van der Waals surface area contributed by atoms with Gasteiger partial charge in [-0.25, -0.2) is 0 Å². The molecule has 0 aliphatic carbocycles. The van der Waals surface area contributed by atoms with Crippen LogP contribution in [0.2, 0.25) is 6.55 Å². The molecule has 2 fully saturated rings. The lowest BCUT2D eigenvalue weighted by atomic mass is 10.4. The van der Waals surface area contributed by atoms with Gasteiger partial charge in [-0.05, 0) is 11.7 Å². The molecule has 0 aromatic heterocycles. The second-order valence-corrected chi connectivity index (χ2v) is 39.3. The van der Waals surface area contributed by atoms with Crippen LogP contribution in [0.5, 0.6) is 0 Å². The average Bonchev–Trinajstić information content (AvgIpc) is 3.42. The molecular weight excluding hydrogens is 1050 g/mol. The van der Waals surface area contributed by atoms with Gasteiger partial charge in [0.2, 0.25) is 0 Å². The smallest absolute Gasteiger partial charge is 0.387 e. The van der Waals surface area contributed by atoms with Crippen molar-refractivity contribution in [3.63, 3.8) is 0 Å². The maximum absolute atomic E-state index is 13.7. The summed E-state index contributed by atoms with van der Waals surface area (Å²) in [5, 5.41) is 2.23. The van der Waals surface area contributed by atoms with E-state index >= 15 is 0 Å². The van der Waals surface area contributed by atoms with Gasteiger partial charge in [0.25, 0.3) is 0 Å². The van der Waals surface area contributed by atoms with Crippen LogP contribution in [0.3, 0.4) is 0 Å². The molecule has 0 bridgehead atoms. The highest BCUT2D eigenvalue weighted by atomic mass is 28.6. The number of benzene rings is 8. The highest BCUT2D eigenvalue weighted by Crippen LogP contribution is 2.36. The molecule has 2 aliphatic heterocycles. The first kappa shape index (κ1) is 50.5. The summed E-state index contributed by atoms with van der Waals surface area (Å²) in [6.07, 6.45) is 0. The van der Waals surface area contributed by atoms with Crippen molar-refractivity contribution < 1.29 is 60.6 Å². The van der Waals surface area contributed by atoms with Gasteiger partial charge < -0.3 is 60.6 Å². The first-order chi connectivity index (χ1) is 34.8. The highest BCUT2D eigenvalue weighted by molar-refractivity contribution is 7.06. The van der Waals surface area contributed by atoms with E-state index in [2.05, 4.69) is 0 Å². The molecule has 0 spiro atoms. The van der Waals surface area contributed by atoms with Crippen LogP contribution >= 0.6 is 0 Å². The summed E-state index contributed by atoms with van der Waals surface area (Å²) < 4.78 is 72.1. The molecule has 4 atom stereocenters. The third-order valence-corrected chi connectivity index (χ3v) is 41.9. The first-order valence-corrected chi connectivity index (χ1v) is 37.5. The van der Waals surface area contributed by atoms with Gasteiger partial charge in [-0.2, -0.15) is 0 Å². The normalized spacial score (nSPS) is 31.0. The van der Waals surface area contributed by atoms with E-state index in [9.17, 15) is 19.2 Å². The largest absolute Gasteiger partial charge is 0.522 e. The van der Waals surface area contributed by atoms with Gasteiger partial charge in [-0.1, -0.05) is 243 Å². The predicted octanol–water partition coefficient (Wildman–Crippen LogP) is 1.68. The monoisotopic (exact) mass is 1100 g/mol. The minimum atomic E-state index is -5.39. The molecule has 2 heterocycles. The summed E-state index contributed by atoms with van der Waals surface area (Å²) in [5.74, 6) is 0. The van der Waals surface area contributed by atoms with Crippen LogP contribution in [-0.4, -0.2) is 96.5 Å². The Morgan fingerprint density at radius 2 is 0.458 bits per heavy atom. The van der Waals surface area contributed by atoms with E-state index in [-0.39, 0.29) is 31.1 Å². The van der Waals surface area contributed by atoms with E-state index < -0.39 is 70.2 Å². The quantitative estimate of drug-likeness (QED) is 0.138. The first-order valence-electron chi connectivity index (χ1n) is 23.0. The molecule has 22 heteroatoms. The Kier molecular flexibility index (Phi) is 14.3. The molecule has 14 nitrogen and oxygen atoms in total. The number of hydrogen-bond acceptors (Lipinski definition) is 14. The van der Waals surface area contributed by atoms with Crippen molar-refractivity contribution >= 4 is 112 Å². The standard InChI is InChI=1S/C50H50O14Si8/c1-55-70(48-37-21-8-22-38-48)58-68(53,46-33-17-6-18-34-46)62-72(50-41-25-10-26-42-50,63-69(54,59-70)47-35-19-7-20-36-47)64-71(49-39-23-9-24-40-49)60-66(51,44-29-13-4-14-30-44)56-65(2,43-27-11-3-12-28-43)57-67(52,61-71)45-31-15-5-16-32-45/h3-42,51-54H,1-2H3. The molecule has 0 radical (unpaired) electrons. The lowest BCUT2D eigenvalue weighted by Crippen LogP contribution is -2.86. The molecule has 72 heavy (non-hydrogen) atoms. The minimum Gasteiger partial charge on any atom is -0.387 e. The molecule has 4 N–H and O–H groups in total. The van der Waals surface area contributed by atoms with E-state index in [0.29, 0.717) is 10.4 Å². The molecule has 2 saturated heterocycles. The molecule has 2 aliphatic rings. The molecule has 366 valence electrons. The lowest BCUT2D eigenvalue weighted by Gasteiger charge is -2.51. The molecule has 8 aromatic carbocycles. The van der Waals surface area contributed by atoms with Crippen molar-refractivity contribution in [3.05, 3.63) is 243 Å². The summed E-state index contributed by atoms with van der Waals surface area (Å²) >= 11 is 0.